The van der Waals surface area contributed by atoms with Crippen LogP contribution in [0.5, 0.6) is 0 Å². The van der Waals surface area contributed by atoms with Crippen LogP contribution in [0.15, 0.2) is 65.6 Å². The fourth-order valence-corrected chi connectivity index (χ4v) is 6.90. The molecule has 2 heterocycles. The maximum absolute atomic E-state index is 14.1. The van der Waals surface area contributed by atoms with Crippen molar-refractivity contribution >= 4 is 5.91 Å². The van der Waals surface area contributed by atoms with Gasteiger partial charge in [0.2, 0.25) is 5.91 Å². The van der Waals surface area contributed by atoms with E-state index in [0.717, 1.165) is 40.7 Å². The molecule has 242 valence electrons. The van der Waals surface area contributed by atoms with Crippen molar-refractivity contribution in [1.82, 2.24) is 23.8 Å². The van der Waals surface area contributed by atoms with Gasteiger partial charge in [-0.05, 0) is 112 Å². The average molecular weight is 633 g/mol. The molecule has 1 aliphatic rings. The molecule has 0 aliphatic heterocycles. The van der Waals surface area contributed by atoms with Crippen LogP contribution in [-0.4, -0.2) is 50.4 Å². The SMILES string of the molecule is Cc1c(-c2ccnn2-c2ccc(C#N)cc2)n(C(=O)CCC(C)C2CC(C)C(CN(C)C)C2)c(=O)n1-c1cccc(C(F)(F)F)c1. The summed E-state index contributed by atoms with van der Waals surface area (Å²) in [5, 5.41) is 13.7. The maximum Gasteiger partial charge on any atom is 0.416 e. The predicted molar refractivity (Wildman–Crippen MR) is 170 cm³/mol. The van der Waals surface area contributed by atoms with E-state index in [0.29, 0.717) is 46.8 Å². The normalized spacial score (nSPS) is 19.0. The fourth-order valence-electron chi connectivity index (χ4n) is 6.90. The number of nitrogens with zero attached hydrogens (tertiary/aromatic N) is 6. The van der Waals surface area contributed by atoms with Gasteiger partial charge in [0.05, 0.1) is 51.8 Å². The number of halogens is 3. The number of alkyl halides is 3. The Balaban J connectivity index is 1.54. The number of carbonyl (C=O) groups excluding carboxylic acids is 1. The van der Waals surface area contributed by atoms with Crippen LogP contribution in [0.25, 0.3) is 22.8 Å². The Morgan fingerprint density at radius 1 is 1.11 bits per heavy atom. The minimum absolute atomic E-state index is 0.00908. The van der Waals surface area contributed by atoms with Gasteiger partial charge in [0.15, 0.2) is 0 Å². The minimum Gasteiger partial charge on any atom is -0.309 e. The highest BCUT2D eigenvalue weighted by atomic mass is 19.4. The Morgan fingerprint density at radius 2 is 1.83 bits per heavy atom. The molecule has 2 aromatic heterocycles. The highest BCUT2D eigenvalue weighted by Crippen LogP contribution is 2.41. The predicted octanol–water partition coefficient (Wildman–Crippen LogP) is 6.97. The van der Waals surface area contributed by atoms with Crippen LogP contribution in [0, 0.1) is 41.9 Å². The van der Waals surface area contributed by atoms with Crippen molar-refractivity contribution in [2.24, 2.45) is 23.7 Å². The van der Waals surface area contributed by atoms with Crippen molar-refractivity contribution in [3.63, 3.8) is 0 Å². The van der Waals surface area contributed by atoms with Crippen molar-refractivity contribution in [1.29, 1.82) is 5.26 Å². The quantitative estimate of drug-likeness (QED) is 0.199. The van der Waals surface area contributed by atoms with Crippen molar-refractivity contribution in [3.8, 4) is 28.8 Å². The highest BCUT2D eigenvalue weighted by molar-refractivity contribution is 5.84. The summed E-state index contributed by atoms with van der Waals surface area (Å²) in [6.45, 7) is 7.08. The highest BCUT2D eigenvalue weighted by Gasteiger charge is 2.35. The van der Waals surface area contributed by atoms with E-state index in [1.807, 2.05) is 0 Å². The third kappa shape index (κ3) is 6.58. The lowest BCUT2D eigenvalue weighted by atomic mass is 9.87. The summed E-state index contributed by atoms with van der Waals surface area (Å²) in [6, 6.07) is 14.9. The summed E-state index contributed by atoms with van der Waals surface area (Å²) in [7, 11) is 4.16. The van der Waals surface area contributed by atoms with Gasteiger partial charge < -0.3 is 4.90 Å². The molecule has 0 radical (unpaired) electrons. The third-order valence-electron chi connectivity index (χ3n) is 9.39. The van der Waals surface area contributed by atoms with Gasteiger partial charge in [-0.15, -0.1) is 0 Å². The second kappa shape index (κ2) is 13.1. The molecule has 0 spiro atoms. The zero-order chi connectivity index (χ0) is 33.3. The summed E-state index contributed by atoms with van der Waals surface area (Å²) in [4.78, 5) is 30.3. The van der Waals surface area contributed by atoms with Crippen LogP contribution in [0.3, 0.4) is 0 Å². The summed E-state index contributed by atoms with van der Waals surface area (Å²) >= 11 is 0. The van der Waals surface area contributed by atoms with Crippen molar-refractivity contribution < 1.29 is 18.0 Å². The average Bonchev–Trinajstić information content (AvgIpc) is 3.70. The number of rotatable bonds is 9. The van der Waals surface area contributed by atoms with Crippen LogP contribution < -0.4 is 5.69 Å². The van der Waals surface area contributed by atoms with E-state index < -0.39 is 23.3 Å². The van der Waals surface area contributed by atoms with Gasteiger partial charge in [0.25, 0.3) is 0 Å². The van der Waals surface area contributed by atoms with Crippen LogP contribution in [0.4, 0.5) is 13.2 Å². The zero-order valence-electron chi connectivity index (χ0n) is 26.8. The molecule has 0 N–H and O–H groups in total. The second-order valence-electron chi connectivity index (χ2n) is 12.9. The first-order valence-corrected chi connectivity index (χ1v) is 15.5. The minimum atomic E-state index is -4.61. The lowest BCUT2D eigenvalue weighted by Crippen LogP contribution is -2.29. The van der Waals surface area contributed by atoms with E-state index in [1.165, 1.54) is 18.3 Å². The Morgan fingerprint density at radius 3 is 2.48 bits per heavy atom. The van der Waals surface area contributed by atoms with E-state index in [1.54, 1.807) is 41.9 Å². The summed E-state index contributed by atoms with van der Waals surface area (Å²) < 4.78 is 44.7. The standard InChI is InChI=1S/C35H39F3N6O2/c1-22(26-17-23(2)27(18-26)21-41(4)5)9-14-32(45)43-33(31-15-16-40-44(31)29-12-10-25(20-39)11-13-29)24(3)42(34(43)46)30-8-6-7-28(19-30)35(36,37)38/h6-8,10-13,15-16,19,22-23,26-27H,9,14,17-18,21H2,1-5H3. The number of hydrogen-bond donors (Lipinski definition) is 0. The second-order valence-corrected chi connectivity index (χ2v) is 12.9. The van der Waals surface area contributed by atoms with Gasteiger partial charge in [-0.1, -0.05) is 19.9 Å². The Hall–Kier alpha value is -4.43. The van der Waals surface area contributed by atoms with Crippen LogP contribution in [0.1, 0.15) is 61.1 Å². The molecule has 0 bridgehead atoms. The molecule has 1 fully saturated rings. The van der Waals surface area contributed by atoms with Crippen LogP contribution >= 0.6 is 0 Å². The summed E-state index contributed by atoms with van der Waals surface area (Å²) in [5.74, 6) is 1.49. The summed E-state index contributed by atoms with van der Waals surface area (Å²) in [6.07, 6.45) is -0.208. The number of imidazole rings is 1. The molecule has 11 heteroatoms. The van der Waals surface area contributed by atoms with Gasteiger partial charge >= 0.3 is 11.9 Å². The molecule has 1 aliphatic carbocycles. The Labute approximate surface area is 266 Å². The zero-order valence-corrected chi connectivity index (χ0v) is 26.8. The molecule has 0 amide bonds. The first-order valence-electron chi connectivity index (χ1n) is 15.5. The van der Waals surface area contributed by atoms with Crippen LogP contribution in [-0.2, 0) is 6.18 Å². The molecule has 0 saturated heterocycles. The first-order chi connectivity index (χ1) is 21.8. The van der Waals surface area contributed by atoms with Crippen LogP contribution in [0.2, 0.25) is 0 Å². The molecule has 8 nitrogen and oxygen atoms in total. The Bertz CT molecular complexity index is 1810. The summed E-state index contributed by atoms with van der Waals surface area (Å²) in [5.41, 5.74) is 0.393. The number of aromatic nitrogens is 4. The van der Waals surface area contributed by atoms with E-state index in [-0.39, 0.29) is 23.7 Å². The molecule has 2 aromatic carbocycles. The van der Waals surface area contributed by atoms with Gasteiger partial charge in [-0.3, -0.25) is 9.36 Å². The molecular formula is C35H39F3N6O2. The van der Waals surface area contributed by atoms with E-state index in [4.69, 9.17) is 0 Å². The fraction of sp³-hybridized carbons (Fsp3) is 0.429. The largest absolute Gasteiger partial charge is 0.416 e. The monoisotopic (exact) mass is 632 g/mol. The smallest absolute Gasteiger partial charge is 0.309 e. The van der Waals surface area contributed by atoms with Gasteiger partial charge in [0, 0.05) is 13.0 Å². The number of carbonyl (C=O) groups is 1. The van der Waals surface area contributed by atoms with Crippen molar-refractivity contribution in [2.75, 3.05) is 20.6 Å². The number of hydrogen-bond acceptors (Lipinski definition) is 5. The van der Waals surface area contributed by atoms with Crippen molar-refractivity contribution in [3.05, 3.63) is 88.1 Å². The lowest BCUT2D eigenvalue weighted by Gasteiger charge is -2.21. The van der Waals surface area contributed by atoms with Gasteiger partial charge in [-0.25, -0.2) is 14.0 Å². The van der Waals surface area contributed by atoms with Gasteiger partial charge in [0.1, 0.15) is 0 Å². The lowest BCUT2D eigenvalue weighted by molar-refractivity contribution is -0.137. The van der Waals surface area contributed by atoms with Crippen molar-refractivity contribution in [2.45, 2.75) is 52.6 Å². The van der Waals surface area contributed by atoms with E-state index >= 15 is 0 Å². The number of benzene rings is 2. The first kappa shape index (κ1) is 32.9. The molecule has 4 atom stereocenters. The van der Waals surface area contributed by atoms with E-state index in [9.17, 15) is 28.0 Å². The van der Waals surface area contributed by atoms with E-state index in [2.05, 4.69) is 44.0 Å². The molecule has 46 heavy (non-hydrogen) atoms. The Kier molecular flexibility index (Phi) is 9.40. The number of nitriles is 1. The molecular weight excluding hydrogens is 593 g/mol. The maximum atomic E-state index is 14.1. The topological polar surface area (TPSA) is 88.8 Å². The molecule has 1 saturated carbocycles. The third-order valence-corrected chi connectivity index (χ3v) is 9.39. The molecule has 4 unspecified atom stereocenters. The van der Waals surface area contributed by atoms with Gasteiger partial charge in [-0.2, -0.15) is 23.5 Å². The molecule has 5 rings (SSSR count). The molecule has 4 aromatic rings.